The van der Waals surface area contributed by atoms with Gasteiger partial charge in [-0.3, -0.25) is 9.69 Å². The van der Waals surface area contributed by atoms with Gasteiger partial charge in [0.25, 0.3) is 0 Å². The van der Waals surface area contributed by atoms with Crippen molar-refractivity contribution >= 4 is 23.2 Å². The highest BCUT2D eigenvalue weighted by Crippen LogP contribution is 2.28. The van der Waals surface area contributed by atoms with Crippen molar-refractivity contribution in [2.24, 2.45) is 0 Å². The third kappa shape index (κ3) is 5.81. The molecule has 10 nitrogen and oxygen atoms in total. The molecule has 3 aliphatic rings. The summed E-state index contributed by atoms with van der Waals surface area (Å²) in [6, 6.07) is 15.0. The van der Waals surface area contributed by atoms with E-state index in [1.54, 1.807) is 4.90 Å². The summed E-state index contributed by atoms with van der Waals surface area (Å²) in [5.41, 5.74) is 4.05. The van der Waals surface area contributed by atoms with Crippen molar-refractivity contribution in [1.29, 1.82) is 0 Å². The van der Waals surface area contributed by atoms with E-state index in [2.05, 4.69) is 54.3 Å². The van der Waals surface area contributed by atoms with Crippen LogP contribution in [0.3, 0.4) is 0 Å². The zero-order valence-electron chi connectivity index (χ0n) is 22.5. The first-order valence-corrected chi connectivity index (χ1v) is 13.7. The van der Waals surface area contributed by atoms with E-state index in [4.69, 9.17) is 9.47 Å². The monoisotopic (exact) mass is 529 g/mol. The summed E-state index contributed by atoms with van der Waals surface area (Å²) >= 11 is 0. The summed E-state index contributed by atoms with van der Waals surface area (Å²) in [4.78, 5) is 31.8. The summed E-state index contributed by atoms with van der Waals surface area (Å²) in [6.45, 7) is 8.58. The van der Waals surface area contributed by atoms with Crippen LogP contribution in [0, 0.1) is 6.92 Å². The molecule has 1 unspecified atom stereocenters. The van der Waals surface area contributed by atoms with Crippen LogP contribution in [0.25, 0.3) is 11.4 Å². The quantitative estimate of drug-likeness (QED) is 0.495. The number of carbonyl (C=O) groups is 1. The molecule has 1 N–H and O–H groups in total. The minimum Gasteiger partial charge on any atom is -0.488 e. The molecule has 1 atom stereocenters. The molecule has 0 bridgehead atoms. The number of aryl methyl sites for hydroxylation is 1. The lowest BCUT2D eigenvalue weighted by molar-refractivity contribution is -0.134. The summed E-state index contributed by atoms with van der Waals surface area (Å²) in [6.07, 6.45) is 2.79. The van der Waals surface area contributed by atoms with E-state index >= 15 is 0 Å². The number of carbonyl (C=O) groups excluding carboxylic acids is 1. The van der Waals surface area contributed by atoms with Crippen LogP contribution in [0.1, 0.15) is 18.4 Å². The molecule has 0 radical (unpaired) electrons. The van der Waals surface area contributed by atoms with Crippen molar-refractivity contribution < 1.29 is 14.3 Å². The Morgan fingerprint density at radius 1 is 1.03 bits per heavy atom. The molecule has 2 aromatic carbocycles. The Balaban J connectivity index is 1.07. The number of hydrogen-bond acceptors (Lipinski definition) is 9. The minimum atomic E-state index is 0.00339. The number of anilines is 3. The predicted molar refractivity (Wildman–Crippen MR) is 149 cm³/mol. The van der Waals surface area contributed by atoms with Crippen LogP contribution >= 0.6 is 0 Å². The third-order valence-electron chi connectivity index (χ3n) is 7.82. The molecule has 0 saturated carbocycles. The smallest absolute Gasteiger partial charge is 0.230 e. The molecule has 3 fully saturated rings. The number of hydrogen-bond donors (Lipinski definition) is 1. The molecule has 204 valence electrons. The first-order valence-electron chi connectivity index (χ1n) is 13.7. The van der Waals surface area contributed by atoms with E-state index < -0.39 is 0 Å². The van der Waals surface area contributed by atoms with Gasteiger partial charge >= 0.3 is 0 Å². The number of aromatic nitrogens is 3. The molecule has 0 aliphatic carbocycles. The van der Waals surface area contributed by atoms with Gasteiger partial charge in [0, 0.05) is 56.6 Å². The molecule has 6 rings (SSSR count). The SMILES string of the molecule is Cc1cc(-c2ncnc(Nc3ccc(N4CCN(C5COC5)CC4)cc3)n2)ccc1OC1CCC(=O)N(C)C1. The fourth-order valence-electron chi connectivity index (χ4n) is 5.33. The molecule has 3 aromatic rings. The number of likely N-dealkylation sites (tertiary alicyclic amines) is 1. The average molecular weight is 530 g/mol. The van der Waals surface area contributed by atoms with E-state index in [1.807, 2.05) is 32.2 Å². The lowest BCUT2D eigenvalue weighted by Crippen LogP contribution is -2.56. The lowest BCUT2D eigenvalue weighted by atomic mass is 10.1. The van der Waals surface area contributed by atoms with Crippen LogP contribution in [0.5, 0.6) is 5.75 Å². The number of nitrogens with zero attached hydrogens (tertiary/aromatic N) is 6. The van der Waals surface area contributed by atoms with Crippen LogP contribution in [0.15, 0.2) is 48.8 Å². The molecular formula is C29H35N7O3. The van der Waals surface area contributed by atoms with E-state index in [0.717, 1.165) is 68.4 Å². The van der Waals surface area contributed by atoms with E-state index in [0.29, 0.717) is 30.8 Å². The number of piperazine rings is 1. The molecule has 3 aliphatic heterocycles. The Kier molecular flexibility index (Phi) is 7.30. The number of nitrogens with one attached hydrogen (secondary N) is 1. The molecule has 1 aromatic heterocycles. The second-order valence-corrected chi connectivity index (χ2v) is 10.6. The summed E-state index contributed by atoms with van der Waals surface area (Å²) < 4.78 is 11.5. The van der Waals surface area contributed by atoms with Crippen molar-refractivity contribution in [1.82, 2.24) is 24.8 Å². The average Bonchev–Trinajstić information content (AvgIpc) is 2.92. The van der Waals surface area contributed by atoms with Crippen molar-refractivity contribution in [2.45, 2.75) is 31.9 Å². The van der Waals surface area contributed by atoms with Gasteiger partial charge in [-0.15, -0.1) is 0 Å². The first kappa shape index (κ1) is 25.5. The highest BCUT2D eigenvalue weighted by molar-refractivity contribution is 5.76. The Hall–Kier alpha value is -3.76. The zero-order chi connectivity index (χ0) is 26.8. The summed E-state index contributed by atoms with van der Waals surface area (Å²) in [5.74, 6) is 2.08. The van der Waals surface area contributed by atoms with Crippen LogP contribution in [-0.2, 0) is 9.53 Å². The number of ether oxygens (including phenoxy) is 2. The van der Waals surface area contributed by atoms with Gasteiger partial charge in [0.15, 0.2) is 5.82 Å². The maximum absolute atomic E-state index is 11.8. The normalized spacial score (nSPS) is 20.6. The van der Waals surface area contributed by atoms with Gasteiger partial charge in [0.1, 0.15) is 18.2 Å². The standard InChI is InChI=1S/C29H35N7O3/c1-20-15-21(3-9-26(20)39-25-8-10-27(37)34(2)16-25)28-30-19-31-29(33-28)32-22-4-6-23(7-5-22)35-11-13-36(14-12-35)24-17-38-18-24/h3-7,9,15,19,24-25H,8,10-14,16-18H2,1-2H3,(H,30,31,32,33). The van der Waals surface area contributed by atoms with Gasteiger partial charge in [-0.2, -0.15) is 4.98 Å². The molecule has 10 heteroatoms. The number of rotatable bonds is 7. The Morgan fingerprint density at radius 2 is 1.82 bits per heavy atom. The van der Waals surface area contributed by atoms with Gasteiger partial charge < -0.3 is 24.6 Å². The maximum atomic E-state index is 11.8. The van der Waals surface area contributed by atoms with Crippen LogP contribution in [0.4, 0.5) is 17.3 Å². The fourth-order valence-corrected chi connectivity index (χ4v) is 5.33. The van der Waals surface area contributed by atoms with Gasteiger partial charge in [-0.1, -0.05) is 0 Å². The molecule has 3 saturated heterocycles. The number of amides is 1. The van der Waals surface area contributed by atoms with E-state index in [-0.39, 0.29) is 12.0 Å². The lowest BCUT2D eigenvalue weighted by Gasteiger charge is -2.43. The second-order valence-electron chi connectivity index (χ2n) is 10.6. The summed E-state index contributed by atoms with van der Waals surface area (Å²) in [5, 5.41) is 3.31. The fraction of sp³-hybridized carbons (Fsp3) is 0.448. The number of piperidine rings is 1. The molecule has 39 heavy (non-hydrogen) atoms. The zero-order valence-corrected chi connectivity index (χ0v) is 22.5. The maximum Gasteiger partial charge on any atom is 0.230 e. The number of benzene rings is 2. The van der Waals surface area contributed by atoms with E-state index in [1.165, 1.54) is 12.0 Å². The highest BCUT2D eigenvalue weighted by atomic mass is 16.5. The summed E-state index contributed by atoms with van der Waals surface area (Å²) in [7, 11) is 1.82. The van der Waals surface area contributed by atoms with Crippen LogP contribution in [-0.4, -0.2) is 95.8 Å². The topological polar surface area (TPSA) is 96.0 Å². The Morgan fingerprint density at radius 3 is 2.51 bits per heavy atom. The van der Waals surface area contributed by atoms with Gasteiger partial charge in [0.2, 0.25) is 11.9 Å². The van der Waals surface area contributed by atoms with Crippen LogP contribution in [0.2, 0.25) is 0 Å². The third-order valence-corrected chi connectivity index (χ3v) is 7.82. The number of likely N-dealkylation sites (N-methyl/N-ethyl adjacent to an activating group) is 1. The Bertz CT molecular complexity index is 1310. The van der Waals surface area contributed by atoms with Crippen molar-refractivity contribution in [3.8, 4) is 17.1 Å². The molecule has 1 amide bonds. The van der Waals surface area contributed by atoms with Gasteiger partial charge in [-0.05, 0) is 61.4 Å². The van der Waals surface area contributed by atoms with Crippen molar-refractivity contribution in [2.75, 3.05) is 63.2 Å². The molecule has 0 spiro atoms. The molecular weight excluding hydrogens is 494 g/mol. The molecule has 4 heterocycles. The second kappa shape index (κ2) is 11.2. The van der Waals surface area contributed by atoms with Crippen LogP contribution < -0.4 is 15.0 Å². The van der Waals surface area contributed by atoms with Gasteiger partial charge in [0.05, 0.1) is 25.8 Å². The van der Waals surface area contributed by atoms with Crippen molar-refractivity contribution in [3.05, 3.63) is 54.4 Å². The van der Waals surface area contributed by atoms with Gasteiger partial charge in [-0.25, -0.2) is 9.97 Å². The largest absolute Gasteiger partial charge is 0.488 e. The minimum absolute atomic E-state index is 0.00339. The Labute approximate surface area is 229 Å². The van der Waals surface area contributed by atoms with Crippen molar-refractivity contribution in [3.63, 3.8) is 0 Å². The highest BCUT2D eigenvalue weighted by Gasteiger charge is 2.29. The predicted octanol–water partition coefficient (Wildman–Crippen LogP) is 3.11. The first-order chi connectivity index (χ1) is 19.0. The van der Waals surface area contributed by atoms with E-state index in [9.17, 15) is 4.79 Å².